The number of hydrogen-bond donors (Lipinski definition) is 1. The maximum Gasteiger partial charge on any atom is 0.396 e. The maximum atomic E-state index is 13.3. The van der Waals surface area contributed by atoms with Crippen LogP contribution >= 0.6 is 0 Å². The number of aliphatic hydroxyl groups excluding tert-OH is 1. The van der Waals surface area contributed by atoms with Crippen LogP contribution in [0.15, 0.2) is 30.3 Å². The van der Waals surface area contributed by atoms with Crippen molar-refractivity contribution in [3.63, 3.8) is 0 Å². The molecular formula is C17H23F3N2O2. The Labute approximate surface area is 139 Å². The number of rotatable bonds is 5. The summed E-state index contributed by atoms with van der Waals surface area (Å²) in [4.78, 5) is 15.8. The van der Waals surface area contributed by atoms with Gasteiger partial charge < -0.3 is 10.0 Å². The minimum absolute atomic E-state index is 0.117. The SMILES string of the molecule is C[C@@H](O)CN1CCN(C(=O)C[C@@H](c2ccccc2)C(F)(F)F)CC1. The second-order valence-electron chi connectivity index (χ2n) is 6.24. The van der Waals surface area contributed by atoms with Gasteiger partial charge in [0.15, 0.2) is 0 Å². The smallest absolute Gasteiger partial charge is 0.392 e. The van der Waals surface area contributed by atoms with Crippen molar-refractivity contribution in [3.05, 3.63) is 35.9 Å². The van der Waals surface area contributed by atoms with E-state index in [9.17, 15) is 23.1 Å². The fourth-order valence-electron chi connectivity index (χ4n) is 2.97. The number of piperazine rings is 1. The minimum atomic E-state index is -4.45. The molecule has 4 nitrogen and oxygen atoms in total. The van der Waals surface area contributed by atoms with Crippen molar-refractivity contribution in [3.8, 4) is 0 Å². The maximum absolute atomic E-state index is 13.3. The highest BCUT2D eigenvalue weighted by Gasteiger charge is 2.42. The lowest BCUT2D eigenvalue weighted by Crippen LogP contribution is -2.50. The molecule has 0 unspecified atom stereocenters. The summed E-state index contributed by atoms with van der Waals surface area (Å²) in [5.41, 5.74) is 0.117. The van der Waals surface area contributed by atoms with Gasteiger partial charge in [0.1, 0.15) is 0 Å². The summed E-state index contributed by atoms with van der Waals surface area (Å²) in [7, 11) is 0. The molecule has 2 atom stereocenters. The Morgan fingerprint density at radius 2 is 1.75 bits per heavy atom. The first-order valence-electron chi connectivity index (χ1n) is 8.07. The minimum Gasteiger partial charge on any atom is -0.392 e. The third-order valence-electron chi connectivity index (χ3n) is 4.22. The van der Waals surface area contributed by atoms with E-state index in [0.29, 0.717) is 32.7 Å². The summed E-state index contributed by atoms with van der Waals surface area (Å²) in [5.74, 6) is -2.25. The number of benzene rings is 1. The van der Waals surface area contributed by atoms with Crippen molar-refractivity contribution in [1.82, 2.24) is 9.80 Å². The Hall–Kier alpha value is -1.60. The molecular weight excluding hydrogens is 321 g/mol. The molecule has 134 valence electrons. The first kappa shape index (κ1) is 18.7. The molecule has 1 heterocycles. The summed E-state index contributed by atoms with van der Waals surface area (Å²) >= 11 is 0. The van der Waals surface area contributed by atoms with Crippen molar-refractivity contribution in [2.75, 3.05) is 32.7 Å². The number of nitrogens with zero attached hydrogens (tertiary/aromatic N) is 2. The van der Waals surface area contributed by atoms with Crippen molar-refractivity contribution in [1.29, 1.82) is 0 Å². The van der Waals surface area contributed by atoms with Gasteiger partial charge in [0.2, 0.25) is 5.91 Å². The van der Waals surface area contributed by atoms with Crippen molar-refractivity contribution >= 4 is 5.91 Å². The van der Waals surface area contributed by atoms with Gasteiger partial charge in [-0.05, 0) is 12.5 Å². The Balaban J connectivity index is 1.97. The summed E-state index contributed by atoms with van der Waals surface area (Å²) < 4.78 is 40.0. The average Bonchev–Trinajstić information content (AvgIpc) is 2.52. The summed E-state index contributed by atoms with van der Waals surface area (Å²) in [6, 6.07) is 7.57. The van der Waals surface area contributed by atoms with E-state index < -0.39 is 30.5 Å². The second kappa shape index (κ2) is 7.98. The zero-order valence-corrected chi connectivity index (χ0v) is 13.7. The fourth-order valence-corrected chi connectivity index (χ4v) is 2.97. The van der Waals surface area contributed by atoms with Crippen LogP contribution < -0.4 is 0 Å². The lowest BCUT2D eigenvalue weighted by atomic mass is 9.94. The van der Waals surface area contributed by atoms with Gasteiger partial charge in [-0.3, -0.25) is 9.69 Å². The monoisotopic (exact) mass is 344 g/mol. The van der Waals surface area contributed by atoms with Gasteiger partial charge in [0, 0.05) is 39.1 Å². The first-order valence-corrected chi connectivity index (χ1v) is 8.07. The molecule has 1 aromatic carbocycles. The molecule has 0 aromatic heterocycles. The Kier molecular flexibility index (Phi) is 6.23. The standard InChI is InChI=1S/C17H23F3N2O2/c1-13(23)12-21-7-9-22(10-8-21)16(24)11-15(17(18,19)20)14-5-3-2-4-6-14/h2-6,13,15,23H,7-12H2,1H3/t13-,15+/m1/s1. The number of β-amino-alcohol motifs (C(OH)–C–C–N with tert-alkyl or cyclic N) is 1. The molecule has 0 radical (unpaired) electrons. The van der Waals surface area contributed by atoms with Gasteiger partial charge in [-0.1, -0.05) is 30.3 Å². The number of alkyl halides is 3. The number of carbonyl (C=O) groups excluding carboxylic acids is 1. The highest BCUT2D eigenvalue weighted by molar-refractivity contribution is 5.77. The third-order valence-corrected chi connectivity index (χ3v) is 4.22. The predicted octanol–water partition coefficient (Wildman–Crippen LogP) is 2.25. The van der Waals surface area contributed by atoms with E-state index in [1.165, 1.54) is 17.0 Å². The summed E-state index contributed by atoms with van der Waals surface area (Å²) in [5, 5.41) is 9.37. The second-order valence-corrected chi connectivity index (χ2v) is 6.24. The summed E-state index contributed by atoms with van der Waals surface area (Å²) in [6.07, 6.45) is -5.48. The van der Waals surface area contributed by atoms with E-state index in [1.54, 1.807) is 25.1 Å². The first-order chi connectivity index (χ1) is 11.3. The Bertz CT molecular complexity index is 526. The molecule has 1 N–H and O–H groups in total. The molecule has 1 aliphatic heterocycles. The normalized spacial score (nSPS) is 19.1. The molecule has 1 aromatic rings. The molecule has 1 saturated heterocycles. The number of halogens is 3. The molecule has 2 rings (SSSR count). The lowest BCUT2D eigenvalue weighted by Gasteiger charge is -2.36. The topological polar surface area (TPSA) is 43.8 Å². The highest BCUT2D eigenvalue weighted by atomic mass is 19.4. The zero-order valence-electron chi connectivity index (χ0n) is 13.7. The van der Waals surface area contributed by atoms with E-state index in [2.05, 4.69) is 0 Å². The van der Waals surface area contributed by atoms with Crippen LogP contribution in [0.5, 0.6) is 0 Å². The van der Waals surface area contributed by atoms with E-state index in [0.717, 1.165) is 0 Å². The lowest BCUT2D eigenvalue weighted by molar-refractivity contribution is -0.161. The number of carbonyl (C=O) groups is 1. The van der Waals surface area contributed by atoms with Gasteiger partial charge in [-0.15, -0.1) is 0 Å². The largest absolute Gasteiger partial charge is 0.396 e. The van der Waals surface area contributed by atoms with Crippen molar-refractivity contribution in [2.24, 2.45) is 0 Å². The number of hydrogen-bond acceptors (Lipinski definition) is 3. The van der Waals surface area contributed by atoms with Crippen LogP contribution in [0.2, 0.25) is 0 Å². The Morgan fingerprint density at radius 1 is 1.17 bits per heavy atom. The van der Waals surface area contributed by atoms with E-state index in [4.69, 9.17) is 0 Å². The molecule has 7 heteroatoms. The molecule has 0 saturated carbocycles. The average molecular weight is 344 g/mol. The number of amides is 1. The number of aliphatic hydroxyl groups is 1. The van der Waals surface area contributed by atoms with Crippen LogP contribution in [0.3, 0.4) is 0 Å². The van der Waals surface area contributed by atoms with Gasteiger partial charge in [0.25, 0.3) is 0 Å². The van der Waals surface area contributed by atoms with Gasteiger partial charge in [-0.2, -0.15) is 13.2 Å². The van der Waals surface area contributed by atoms with Crippen LogP contribution in [-0.4, -0.2) is 65.8 Å². The predicted molar refractivity (Wildman–Crippen MR) is 84.6 cm³/mol. The van der Waals surface area contributed by atoms with E-state index in [1.807, 2.05) is 4.90 Å². The molecule has 0 bridgehead atoms. The molecule has 24 heavy (non-hydrogen) atoms. The fraction of sp³-hybridized carbons (Fsp3) is 0.588. The van der Waals surface area contributed by atoms with Crippen LogP contribution in [0.4, 0.5) is 13.2 Å². The van der Waals surface area contributed by atoms with Gasteiger partial charge >= 0.3 is 6.18 Å². The van der Waals surface area contributed by atoms with Crippen LogP contribution in [0.1, 0.15) is 24.8 Å². The quantitative estimate of drug-likeness (QED) is 0.891. The molecule has 1 aliphatic rings. The molecule has 1 amide bonds. The van der Waals surface area contributed by atoms with Crippen molar-refractivity contribution in [2.45, 2.75) is 31.5 Å². The Morgan fingerprint density at radius 3 is 2.25 bits per heavy atom. The van der Waals surface area contributed by atoms with Crippen LogP contribution in [0, 0.1) is 0 Å². The van der Waals surface area contributed by atoms with Gasteiger partial charge in [-0.25, -0.2) is 0 Å². The molecule has 0 aliphatic carbocycles. The van der Waals surface area contributed by atoms with Crippen molar-refractivity contribution < 1.29 is 23.1 Å². The molecule has 0 spiro atoms. The summed E-state index contributed by atoms with van der Waals surface area (Å²) in [6.45, 7) is 4.12. The highest BCUT2D eigenvalue weighted by Crippen LogP contribution is 2.37. The van der Waals surface area contributed by atoms with E-state index in [-0.39, 0.29) is 5.56 Å². The van der Waals surface area contributed by atoms with Crippen LogP contribution in [-0.2, 0) is 4.79 Å². The van der Waals surface area contributed by atoms with Gasteiger partial charge in [0.05, 0.1) is 12.0 Å². The molecule has 1 fully saturated rings. The van der Waals surface area contributed by atoms with Crippen LogP contribution in [0.25, 0.3) is 0 Å². The zero-order chi connectivity index (χ0) is 17.7. The third kappa shape index (κ3) is 5.21. The van der Waals surface area contributed by atoms with E-state index >= 15 is 0 Å².